The molecule has 1 amide bonds. The summed E-state index contributed by atoms with van der Waals surface area (Å²) in [5.41, 5.74) is 2.44. The van der Waals surface area contributed by atoms with Crippen LogP contribution in [0.3, 0.4) is 0 Å². The van der Waals surface area contributed by atoms with Gasteiger partial charge in [0, 0.05) is 41.2 Å². The van der Waals surface area contributed by atoms with Gasteiger partial charge < -0.3 is 10.1 Å². The van der Waals surface area contributed by atoms with Crippen LogP contribution in [0.15, 0.2) is 36.5 Å². The topological polar surface area (TPSA) is 67.4 Å². The Kier molecular flexibility index (Phi) is 7.95. The summed E-state index contributed by atoms with van der Waals surface area (Å²) in [4.78, 5) is 25.2. The number of benzene rings is 1. The molecule has 1 aromatic carbocycles. The van der Waals surface area contributed by atoms with Gasteiger partial charge in [-0.25, -0.2) is 4.98 Å². The number of hydrogen-bond donors (Lipinski definition) is 1. The number of nitrogens with one attached hydrogen (secondary N) is 1. The quantitative estimate of drug-likeness (QED) is 0.400. The van der Waals surface area contributed by atoms with Crippen LogP contribution in [0, 0.1) is 5.92 Å². The van der Waals surface area contributed by atoms with E-state index in [2.05, 4.69) is 20.2 Å². The maximum Gasteiger partial charge on any atom is 0.392 e. The maximum atomic E-state index is 12.9. The molecule has 1 saturated carbocycles. The molecule has 0 unspecified atom stereocenters. The van der Waals surface area contributed by atoms with Crippen LogP contribution in [-0.4, -0.2) is 52.7 Å². The molecule has 1 N–H and O–H groups in total. The Bertz CT molecular complexity index is 1220. The summed E-state index contributed by atoms with van der Waals surface area (Å²) in [6.45, 7) is 2.25. The molecule has 3 aromatic rings. The fourth-order valence-corrected chi connectivity index (χ4v) is 6.19. The summed E-state index contributed by atoms with van der Waals surface area (Å²) in [6, 6.07) is 9.63. The SMILES string of the molecule is O=C(NC1CCC(CCN2CCc3sc(OCCC(F)(F)F)nc3C2)CC1)c1cccc2ncccc12. The highest BCUT2D eigenvalue weighted by Gasteiger charge is 2.28. The third-order valence-electron chi connectivity index (χ3n) is 7.32. The van der Waals surface area contributed by atoms with Crippen LogP contribution in [0.1, 0.15) is 59.5 Å². The second-order valence-electron chi connectivity index (χ2n) is 9.94. The summed E-state index contributed by atoms with van der Waals surface area (Å²) in [5, 5.41) is 4.45. The summed E-state index contributed by atoms with van der Waals surface area (Å²) >= 11 is 1.37. The lowest BCUT2D eigenvalue weighted by atomic mass is 9.84. The van der Waals surface area contributed by atoms with Gasteiger partial charge in [0.1, 0.15) is 0 Å². The summed E-state index contributed by atoms with van der Waals surface area (Å²) in [6.07, 6.45) is 2.66. The Morgan fingerprint density at radius 2 is 2.00 bits per heavy atom. The number of carbonyl (C=O) groups excluding carboxylic acids is 1. The number of aromatic nitrogens is 2. The number of amides is 1. The van der Waals surface area contributed by atoms with Crippen LogP contribution >= 0.6 is 11.3 Å². The lowest BCUT2D eigenvalue weighted by Crippen LogP contribution is -2.38. The van der Waals surface area contributed by atoms with Crippen molar-refractivity contribution in [3.05, 3.63) is 52.7 Å². The van der Waals surface area contributed by atoms with Gasteiger partial charge in [0.15, 0.2) is 0 Å². The third kappa shape index (κ3) is 6.78. The number of thiazole rings is 1. The molecule has 2 aromatic heterocycles. The monoisotopic (exact) mass is 532 g/mol. The molecule has 0 radical (unpaired) electrons. The van der Waals surface area contributed by atoms with Gasteiger partial charge in [-0.15, -0.1) is 0 Å². The number of fused-ring (bicyclic) bond motifs is 2. The predicted molar refractivity (Wildman–Crippen MR) is 137 cm³/mol. The average Bonchev–Trinajstić information content (AvgIpc) is 3.29. The molecule has 0 saturated heterocycles. The van der Waals surface area contributed by atoms with E-state index in [-0.39, 0.29) is 18.6 Å². The van der Waals surface area contributed by atoms with Gasteiger partial charge in [-0.1, -0.05) is 23.5 Å². The molecule has 6 nitrogen and oxygen atoms in total. The van der Waals surface area contributed by atoms with Gasteiger partial charge >= 0.3 is 6.18 Å². The van der Waals surface area contributed by atoms with Crippen molar-refractivity contribution >= 4 is 28.1 Å². The molecule has 198 valence electrons. The maximum absolute atomic E-state index is 12.9. The van der Waals surface area contributed by atoms with Gasteiger partial charge in [-0.05, 0) is 69.2 Å². The lowest BCUT2D eigenvalue weighted by molar-refractivity contribution is -0.139. The lowest BCUT2D eigenvalue weighted by Gasteiger charge is -2.32. The molecule has 5 rings (SSSR count). The number of halogens is 3. The van der Waals surface area contributed by atoms with E-state index in [1.165, 1.54) is 11.3 Å². The molecule has 0 spiro atoms. The van der Waals surface area contributed by atoms with E-state index in [1.807, 2.05) is 30.3 Å². The standard InChI is InChI=1S/C27H31F3N4O2S/c28-27(29,30)12-16-36-26-33-23-17-34(15-11-24(23)37-26)14-10-18-6-8-19(9-7-18)32-25(35)21-3-1-5-22-20(21)4-2-13-31-22/h1-5,13,18-19H,6-12,14-17H2,(H,32,35). The number of carbonyl (C=O) groups is 1. The van der Waals surface area contributed by atoms with E-state index in [9.17, 15) is 18.0 Å². The van der Waals surface area contributed by atoms with E-state index < -0.39 is 12.6 Å². The number of pyridine rings is 1. The minimum absolute atomic E-state index is 0.0313. The molecule has 1 aliphatic carbocycles. The van der Waals surface area contributed by atoms with Crippen molar-refractivity contribution in [2.75, 3.05) is 19.7 Å². The van der Waals surface area contributed by atoms with Gasteiger partial charge in [-0.2, -0.15) is 13.2 Å². The van der Waals surface area contributed by atoms with Gasteiger partial charge in [0.05, 0.1) is 24.2 Å². The Labute approximate surface area is 218 Å². The van der Waals surface area contributed by atoms with Crippen LogP contribution in [0.5, 0.6) is 5.19 Å². The van der Waals surface area contributed by atoms with E-state index in [0.29, 0.717) is 16.7 Å². The first-order chi connectivity index (χ1) is 17.8. The second-order valence-corrected chi connectivity index (χ2v) is 11.0. The fraction of sp³-hybridized carbons (Fsp3) is 0.519. The van der Waals surface area contributed by atoms with E-state index in [1.54, 1.807) is 6.20 Å². The summed E-state index contributed by atoms with van der Waals surface area (Å²) < 4.78 is 42.3. The van der Waals surface area contributed by atoms with Gasteiger partial charge in [0.25, 0.3) is 11.1 Å². The first kappa shape index (κ1) is 25.9. The Balaban J connectivity index is 1.04. The zero-order valence-corrected chi connectivity index (χ0v) is 21.4. The second kappa shape index (κ2) is 11.3. The smallest absolute Gasteiger partial charge is 0.392 e. The molecule has 0 atom stereocenters. The van der Waals surface area contributed by atoms with Crippen molar-refractivity contribution in [3.63, 3.8) is 0 Å². The number of rotatable bonds is 8. The zero-order chi connectivity index (χ0) is 25.8. The fourth-order valence-electron chi connectivity index (χ4n) is 5.26. The highest BCUT2D eigenvalue weighted by atomic mass is 32.1. The molecule has 0 bridgehead atoms. The van der Waals surface area contributed by atoms with E-state index in [4.69, 9.17) is 4.74 Å². The first-order valence-corrected chi connectivity index (χ1v) is 13.7. The summed E-state index contributed by atoms with van der Waals surface area (Å²) in [7, 11) is 0. The van der Waals surface area contributed by atoms with Crippen LogP contribution < -0.4 is 10.1 Å². The normalized spacial score (nSPS) is 20.5. The minimum atomic E-state index is -4.22. The molecule has 2 aliphatic rings. The van der Waals surface area contributed by atoms with Crippen LogP contribution in [0.4, 0.5) is 13.2 Å². The van der Waals surface area contributed by atoms with Crippen LogP contribution in [0.25, 0.3) is 10.9 Å². The van der Waals surface area contributed by atoms with Crippen LogP contribution in [0.2, 0.25) is 0 Å². The highest BCUT2D eigenvalue weighted by Crippen LogP contribution is 2.32. The zero-order valence-electron chi connectivity index (χ0n) is 20.6. The molecular weight excluding hydrogens is 501 g/mol. The van der Waals surface area contributed by atoms with Crippen molar-refractivity contribution < 1.29 is 22.7 Å². The number of nitrogens with zero attached hydrogens (tertiary/aromatic N) is 3. The predicted octanol–water partition coefficient (Wildman–Crippen LogP) is 5.76. The van der Waals surface area contributed by atoms with Crippen LogP contribution in [-0.2, 0) is 13.0 Å². The van der Waals surface area contributed by atoms with E-state index >= 15 is 0 Å². The first-order valence-electron chi connectivity index (χ1n) is 12.9. The van der Waals surface area contributed by atoms with Crippen molar-refractivity contribution in [3.8, 4) is 5.19 Å². The van der Waals surface area contributed by atoms with Crippen molar-refractivity contribution in [1.82, 2.24) is 20.2 Å². The van der Waals surface area contributed by atoms with Crippen molar-refractivity contribution in [2.45, 2.75) is 63.7 Å². The Morgan fingerprint density at radius 1 is 1.16 bits per heavy atom. The van der Waals surface area contributed by atoms with E-state index in [0.717, 1.165) is 79.6 Å². The number of ether oxygens (including phenoxy) is 1. The third-order valence-corrected chi connectivity index (χ3v) is 8.39. The molecule has 37 heavy (non-hydrogen) atoms. The summed E-state index contributed by atoms with van der Waals surface area (Å²) in [5.74, 6) is 0.601. The Hall–Kier alpha value is -2.72. The largest absolute Gasteiger partial charge is 0.470 e. The van der Waals surface area contributed by atoms with Gasteiger partial charge in [0.2, 0.25) is 0 Å². The number of alkyl halides is 3. The van der Waals surface area contributed by atoms with Crippen molar-refractivity contribution in [2.24, 2.45) is 5.92 Å². The molecule has 1 fully saturated rings. The molecular formula is C27H31F3N4O2S. The average molecular weight is 533 g/mol. The molecule has 1 aliphatic heterocycles. The minimum Gasteiger partial charge on any atom is -0.470 e. The van der Waals surface area contributed by atoms with Crippen molar-refractivity contribution in [1.29, 1.82) is 0 Å². The highest BCUT2D eigenvalue weighted by molar-refractivity contribution is 7.13. The van der Waals surface area contributed by atoms with Gasteiger partial charge in [-0.3, -0.25) is 14.7 Å². The molecule has 3 heterocycles. The molecule has 10 heteroatoms. The number of hydrogen-bond acceptors (Lipinski definition) is 6. The Morgan fingerprint density at radius 3 is 2.81 bits per heavy atom.